The minimum atomic E-state index is -1.34. The van der Waals surface area contributed by atoms with Crippen LogP contribution in [0.2, 0.25) is 0 Å². The average molecular weight is 283 g/mol. The van der Waals surface area contributed by atoms with Crippen molar-refractivity contribution in [3.05, 3.63) is 40.8 Å². The third-order valence-electron chi connectivity index (χ3n) is 2.65. The molecule has 0 saturated heterocycles. The van der Waals surface area contributed by atoms with Crippen LogP contribution in [0.25, 0.3) is 11.5 Å². The number of carboxylic acid groups (broad SMARTS) is 1. The number of nitrogens with zero attached hydrogens (tertiary/aromatic N) is 1. The zero-order chi connectivity index (χ0) is 14.9. The van der Waals surface area contributed by atoms with Gasteiger partial charge in [0.2, 0.25) is 11.7 Å². The number of hydrogen-bond acceptors (Lipinski definition) is 4. The van der Waals surface area contributed by atoms with Crippen molar-refractivity contribution in [2.75, 3.05) is 7.11 Å². The maximum atomic E-state index is 13.7. The number of carboxylic acids is 1. The van der Waals surface area contributed by atoms with Crippen LogP contribution in [0.1, 0.15) is 21.8 Å². The molecular formula is C13H11F2NO4. The number of benzene rings is 1. The van der Waals surface area contributed by atoms with E-state index in [1.165, 1.54) is 20.1 Å². The highest BCUT2D eigenvalue weighted by Gasteiger charge is 2.22. The summed E-state index contributed by atoms with van der Waals surface area (Å²) in [5.41, 5.74) is 0.134. The fourth-order valence-corrected chi connectivity index (χ4v) is 1.69. The van der Waals surface area contributed by atoms with Gasteiger partial charge >= 0.3 is 5.97 Å². The van der Waals surface area contributed by atoms with E-state index in [4.69, 9.17) is 14.3 Å². The maximum Gasteiger partial charge on any atom is 0.373 e. The first kappa shape index (κ1) is 14.1. The average Bonchev–Trinajstić information content (AvgIpc) is 2.78. The molecule has 7 heteroatoms. The molecule has 2 aromatic rings. The predicted octanol–water partition coefficient (Wildman–Crippen LogP) is 2.77. The van der Waals surface area contributed by atoms with Crippen LogP contribution in [0.3, 0.4) is 0 Å². The zero-order valence-corrected chi connectivity index (χ0v) is 10.7. The standard InChI is InChI=1S/C13H11F2NO4/c1-6-3-7(9(15)4-8(6)14)12-16-10(5-19-2)11(20-12)13(17)18/h3-4H,5H2,1-2H3,(H,17,18). The van der Waals surface area contributed by atoms with E-state index in [2.05, 4.69) is 4.98 Å². The molecule has 1 aromatic carbocycles. The molecule has 0 atom stereocenters. The van der Waals surface area contributed by atoms with Crippen LogP contribution in [0.4, 0.5) is 8.78 Å². The van der Waals surface area contributed by atoms with Crippen molar-refractivity contribution >= 4 is 5.97 Å². The summed E-state index contributed by atoms with van der Waals surface area (Å²) in [6.07, 6.45) is 0. The van der Waals surface area contributed by atoms with Gasteiger partial charge in [-0.15, -0.1) is 0 Å². The topological polar surface area (TPSA) is 72.6 Å². The molecule has 0 aliphatic carbocycles. The highest BCUT2D eigenvalue weighted by atomic mass is 19.1. The van der Waals surface area contributed by atoms with Gasteiger partial charge < -0.3 is 14.3 Å². The lowest BCUT2D eigenvalue weighted by atomic mass is 10.1. The Hall–Kier alpha value is -2.28. The highest BCUT2D eigenvalue weighted by molar-refractivity contribution is 5.86. The minimum Gasteiger partial charge on any atom is -0.475 e. The summed E-state index contributed by atoms with van der Waals surface area (Å²) < 4.78 is 36.8. The summed E-state index contributed by atoms with van der Waals surface area (Å²) in [6.45, 7) is 1.36. The minimum absolute atomic E-state index is 0.0383. The number of ether oxygens (including phenoxy) is 1. The van der Waals surface area contributed by atoms with Crippen LogP contribution in [0.15, 0.2) is 16.5 Å². The smallest absolute Gasteiger partial charge is 0.373 e. The number of oxazole rings is 1. The molecule has 20 heavy (non-hydrogen) atoms. The van der Waals surface area contributed by atoms with Crippen molar-refractivity contribution < 1.29 is 27.8 Å². The van der Waals surface area contributed by atoms with Crippen molar-refractivity contribution in [1.82, 2.24) is 4.98 Å². The molecule has 0 fully saturated rings. The Labute approximate surface area is 112 Å². The third-order valence-corrected chi connectivity index (χ3v) is 2.65. The van der Waals surface area contributed by atoms with E-state index in [1.54, 1.807) is 0 Å². The molecule has 0 amide bonds. The van der Waals surface area contributed by atoms with Gasteiger partial charge in [0, 0.05) is 13.2 Å². The number of hydrogen-bond donors (Lipinski definition) is 1. The van der Waals surface area contributed by atoms with Gasteiger partial charge in [0.1, 0.15) is 17.3 Å². The Kier molecular flexibility index (Phi) is 3.80. The number of aromatic carboxylic acids is 1. The first-order chi connectivity index (χ1) is 9.43. The van der Waals surface area contributed by atoms with Crippen molar-refractivity contribution in [3.8, 4) is 11.5 Å². The van der Waals surface area contributed by atoms with E-state index in [0.29, 0.717) is 6.07 Å². The fourth-order valence-electron chi connectivity index (χ4n) is 1.69. The normalized spacial score (nSPS) is 10.8. The molecule has 0 bridgehead atoms. The van der Waals surface area contributed by atoms with E-state index >= 15 is 0 Å². The van der Waals surface area contributed by atoms with E-state index in [9.17, 15) is 13.6 Å². The van der Waals surface area contributed by atoms with Crippen LogP contribution >= 0.6 is 0 Å². The Morgan fingerprint density at radius 2 is 2.10 bits per heavy atom. The second-order valence-corrected chi connectivity index (χ2v) is 4.11. The molecule has 1 aromatic heterocycles. The molecule has 0 radical (unpaired) electrons. The van der Waals surface area contributed by atoms with Crippen LogP contribution in [-0.2, 0) is 11.3 Å². The second kappa shape index (κ2) is 5.38. The van der Waals surface area contributed by atoms with E-state index in [-0.39, 0.29) is 29.3 Å². The maximum absolute atomic E-state index is 13.7. The first-order valence-electron chi connectivity index (χ1n) is 5.62. The summed E-state index contributed by atoms with van der Waals surface area (Å²) >= 11 is 0. The quantitative estimate of drug-likeness (QED) is 0.934. The van der Waals surface area contributed by atoms with Crippen molar-refractivity contribution in [2.45, 2.75) is 13.5 Å². The number of aromatic nitrogens is 1. The van der Waals surface area contributed by atoms with Crippen molar-refractivity contribution in [3.63, 3.8) is 0 Å². The second-order valence-electron chi connectivity index (χ2n) is 4.11. The molecule has 2 rings (SSSR count). The van der Waals surface area contributed by atoms with Crippen LogP contribution in [-0.4, -0.2) is 23.2 Å². The van der Waals surface area contributed by atoms with Gasteiger partial charge in [0.05, 0.1) is 12.2 Å². The lowest BCUT2D eigenvalue weighted by molar-refractivity contribution is 0.0656. The van der Waals surface area contributed by atoms with Crippen LogP contribution < -0.4 is 0 Å². The van der Waals surface area contributed by atoms with E-state index in [1.807, 2.05) is 0 Å². The van der Waals surface area contributed by atoms with Gasteiger partial charge in [-0.25, -0.2) is 18.6 Å². The highest BCUT2D eigenvalue weighted by Crippen LogP contribution is 2.27. The Bertz CT molecular complexity index is 667. The number of carbonyl (C=O) groups is 1. The van der Waals surface area contributed by atoms with Gasteiger partial charge in [-0.3, -0.25) is 0 Å². The number of halogens is 2. The Morgan fingerprint density at radius 1 is 1.40 bits per heavy atom. The van der Waals surface area contributed by atoms with E-state index in [0.717, 1.165) is 0 Å². The molecule has 0 unspecified atom stereocenters. The molecular weight excluding hydrogens is 272 g/mol. The molecule has 5 nitrogen and oxygen atoms in total. The summed E-state index contributed by atoms with van der Waals surface area (Å²) in [5, 5.41) is 8.98. The monoisotopic (exact) mass is 283 g/mol. The molecule has 1 N–H and O–H groups in total. The lowest BCUT2D eigenvalue weighted by Gasteiger charge is -2.01. The fraction of sp³-hybridized carbons (Fsp3) is 0.231. The molecule has 1 heterocycles. The largest absolute Gasteiger partial charge is 0.475 e. The summed E-state index contributed by atoms with van der Waals surface area (Å²) in [6, 6.07) is 1.91. The van der Waals surface area contributed by atoms with Crippen molar-refractivity contribution in [2.24, 2.45) is 0 Å². The molecule has 0 saturated carbocycles. The lowest BCUT2D eigenvalue weighted by Crippen LogP contribution is -2.00. The Morgan fingerprint density at radius 3 is 2.70 bits per heavy atom. The summed E-state index contributed by atoms with van der Waals surface area (Å²) in [4.78, 5) is 14.9. The van der Waals surface area contributed by atoms with E-state index < -0.39 is 23.4 Å². The summed E-state index contributed by atoms with van der Waals surface area (Å²) in [7, 11) is 1.36. The molecule has 106 valence electrons. The van der Waals surface area contributed by atoms with Gasteiger partial charge in [-0.2, -0.15) is 0 Å². The Balaban J connectivity index is 2.56. The predicted molar refractivity (Wildman–Crippen MR) is 64.3 cm³/mol. The third kappa shape index (κ3) is 2.53. The molecule has 0 aliphatic heterocycles. The molecule has 0 aliphatic rings. The van der Waals surface area contributed by atoms with Gasteiger partial charge in [0.25, 0.3) is 0 Å². The summed E-state index contributed by atoms with van der Waals surface area (Å²) in [5.74, 6) is -3.57. The van der Waals surface area contributed by atoms with Gasteiger partial charge in [0.15, 0.2) is 0 Å². The number of methoxy groups -OCH3 is 1. The van der Waals surface area contributed by atoms with Crippen LogP contribution in [0.5, 0.6) is 0 Å². The SMILES string of the molecule is COCc1nc(-c2cc(C)c(F)cc2F)oc1C(=O)O. The number of aryl methyl sites for hydroxylation is 1. The van der Waals surface area contributed by atoms with Gasteiger partial charge in [-0.1, -0.05) is 0 Å². The van der Waals surface area contributed by atoms with Crippen LogP contribution in [0, 0.1) is 18.6 Å². The van der Waals surface area contributed by atoms with Gasteiger partial charge in [-0.05, 0) is 18.6 Å². The zero-order valence-electron chi connectivity index (χ0n) is 10.7. The molecule has 0 spiro atoms. The first-order valence-corrected chi connectivity index (χ1v) is 5.62. The number of rotatable bonds is 4. The van der Waals surface area contributed by atoms with Crippen molar-refractivity contribution in [1.29, 1.82) is 0 Å².